The Morgan fingerprint density at radius 3 is 2.33 bits per heavy atom. The molecule has 0 saturated carbocycles. The van der Waals surface area contributed by atoms with Crippen molar-refractivity contribution < 1.29 is 18.6 Å². The highest BCUT2D eigenvalue weighted by Gasteiger charge is 2.20. The van der Waals surface area contributed by atoms with Crippen LogP contribution in [0.1, 0.15) is 0 Å². The van der Waals surface area contributed by atoms with Crippen LogP contribution in [0.2, 0.25) is 0 Å². The van der Waals surface area contributed by atoms with Gasteiger partial charge in [-0.1, -0.05) is 0 Å². The van der Waals surface area contributed by atoms with Crippen molar-refractivity contribution in [3.8, 4) is 39.8 Å². The van der Waals surface area contributed by atoms with Gasteiger partial charge in [0, 0.05) is 17.3 Å². The molecule has 0 aliphatic rings. The molecule has 0 bridgehead atoms. The highest BCUT2D eigenvalue weighted by atomic mass is 16.5. The quantitative estimate of drug-likeness (QED) is 0.763. The third-order valence-corrected chi connectivity index (χ3v) is 3.46. The topological polar surface area (TPSA) is 102 Å². The number of furan rings is 1. The Hall–Kier alpha value is -3.06. The smallest absolute Gasteiger partial charge is 0.203 e. The zero-order valence-corrected chi connectivity index (χ0v) is 13.8. The van der Waals surface area contributed by atoms with Gasteiger partial charge in [-0.3, -0.25) is 0 Å². The molecule has 0 amide bonds. The summed E-state index contributed by atoms with van der Waals surface area (Å²) in [5.74, 6) is 2.31. The molecular formula is C17H19N3O4. The molecule has 126 valence electrons. The minimum Gasteiger partial charge on any atom is -0.493 e. The van der Waals surface area contributed by atoms with Crippen molar-refractivity contribution in [2.75, 3.05) is 21.3 Å². The van der Waals surface area contributed by atoms with Crippen LogP contribution in [0.3, 0.4) is 0 Å². The molecule has 0 unspecified atom stereocenters. The second-order valence-corrected chi connectivity index (χ2v) is 4.64. The Morgan fingerprint density at radius 1 is 0.917 bits per heavy atom. The summed E-state index contributed by atoms with van der Waals surface area (Å²) >= 11 is 0. The molecule has 24 heavy (non-hydrogen) atoms. The van der Waals surface area contributed by atoms with E-state index in [1.54, 1.807) is 33.8 Å². The SMILES string of the molecule is COc1ccc(-c2cncnc2-c2ccco2)c(OC)c1OC.N. The molecule has 0 aliphatic carbocycles. The van der Waals surface area contributed by atoms with Gasteiger partial charge >= 0.3 is 0 Å². The van der Waals surface area contributed by atoms with E-state index in [2.05, 4.69) is 9.97 Å². The molecule has 1 aromatic carbocycles. The molecule has 0 atom stereocenters. The second-order valence-electron chi connectivity index (χ2n) is 4.64. The fourth-order valence-corrected chi connectivity index (χ4v) is 2.45. The van der Waals surface area contributed by atoms with Crippen LogP contribution in [0.5, 0.6) is 17.2 Å². The van der Waals surface area contributed by atoms with E-state index in [1.807, 2.05) is 24.3 Å². The molecule has 0 radical (unpaired) electrons. The average molecular weight is 329 g/mol. The molecule has 0 fully saturated rings. The maximum absolute atomic E-state index is 5.55. The molecule has 7 nitrogen and oxygen atoms in total. The molecular weight excluding hydrogens is 310 g/mol. The zero-order valence-electron chi connectivity index (χ0n) is 13.8. The van der Waals surface area contributed by atoms with E-state index in [0.29, 0.717) is 28.7 Å². The third-order valence-electron chi connectivity index (χ3n) is 3.46. The van der Waals surface area contributed by atoms with Crippen molar-refractivity contribution in [2.24, 2.45) is 0 Å². The van der Waals surface area contributed by atoms with Crippen molar-refractivity contribution in [1.82, 2.24) is 16.1 Å². The third kappa shape index (κ3) is 2.89. The van der Waals surface area contributed by atoms with Gasteiger partial charge in [0.25, 0.3) is 0 Å². The lowest BCUT2D eigenvalue weighted by Gasteiger charge is -2.16. The molecule has 2 heterocycles. The van der Waals surface area contributed by atoms with E-state index in [4.69, 9.17) is 18.6 Å². The first-order chi connectivity index (χ1) is 11.3. The summed E-state index contributed by atoms with van der Waals surface area (Å²) in [5.41, 5.74) is 2.24. The van der Waals surface area contributed by atoms with Gasteiger partial charge in [-0.15, -0.1) is 0 Å². The average Bonchev–Trinajstić information content (AvgIpc) is 3.14. The van der Waals surface area contributed by atoms with E-state index in [-0.39, 0.29) is 6.15 Å². The number of aromatic nitrogens is 2. The largest absolute Gasteiger partial charge is 0.493 e. The van der Waals surface area contributed by atoms with Crippen LogP contribution in [0, 0.1) is 0 Å². The van der Waals surface area contributed by atoms with Gasteiger partial charge in [-0.25, -0.2) is 9.97 Å². The van der Waals surface area contributed by atoms with E-state index < -0.39 is 0 Å². The lowest BCUT2D eigenvalue weighted by atomic mass is 10.0. The summed E-state index contributed by atoms with van der Waals surface area (Å²) in [5, 5.41) is 0. The summed E-state index contributed by atoms with van der Waals surface area (Å²) in [7, 11) is 4.73. The van der Waals surface area contributed by atoms with Crippen LogP contribution < -0.4 is 20.4 Å². The number of hydrogen-bond donors (Lipinski definition) is 1. The Balaban J connectivity index is 0.00000208. The van der Waals surface area contributed by atoms with Gasteiger partial charge in [0.15, 0.2) is 17.3 Å². The molecule has 3 rings (SSSR count). The van der Waals surface area contributed by atoms with Crippen LogP contribution in [0.25, 0.3) is 22.6 Å². The fraction of sp³-hybridized carbons (Fsp3) is 0.176. The molecule has 3 aromatic rings. The first-order valence-electron chi connectivity index (χ1n) is 6.93. The molecule has 2 aromatic heterocycles. The first-order valence-corrected chi connectivity index (χ1v) is 6.93. The summed E-state index contributed by atoms with van der Waals surface area (Å²) in [6, 6.07) is 7.35. The van der Waals surface area contributed by atoms with Gasteiger partial charge in [0.05, 0.1) is 27.6 Å². The van der Waals surface area contributed by atoms with Crippen LogP contribution in [-0.2, 0) is 0 Å². The number of rotatable bonds is 5. The fourth-order valence-electron chi connectivity index (χ4n) is 2.45. The molecule has 7 heteroatoms. The predicted octanol–water partition coefficient (Wildman–Crippen LogP) is 3.59. The lowest BCUT2D eigenvalue weighted by molar-refractivity contribution is 0.325. The van der Waals surface area contributed by atoms with Gasteiger partial charge in [-0.2, -0.15) is 0 Å². The van der Waals surface area contributed by atoms with E-state index >= 15 is 0 Å². The molecule has 3 N–H and O–H groups in total. The summed E-state index contributed by atoms with van der Waals surface area (Å²) in [6.45, 7) is 0. The Morgan fingerprint density at radius 2 is 1.71 bits per heavy atom. The van der Waals surface area contributed by atoms with Gasteiger partial charge in [0.2, 0.25) is 5.75 Å². The Bertz CT molecular complexity index is 804. The highest BCUT2D eigenvalue weighted by Crippen LogP contribution is 2.45. The van der Waals surface area contributed by atoms with Crippen molar-refractivity contribution in [1.29, 1.82) is 0 Å². The maximum atomic E-state index is 5.55. The summed E-state index contributed by atoms with van der Waals surface area (Å²) in [6.07, 6.45) is 4.80. The van der Waals surface area contributed by atoms with Gasteiger partial charge < -0.3 is 24.8 Å². The van der Waals surface area contributed by atoms with Crippen LogP contribution in [0.15, 0.2) is 47.5 Å². The second kappa shape index (κ2) is 7.47. The molecule has 0 spiro atoms. The lowest BCUT2D eigenvalue weighted by Crippen LogP contribution is -1.98. The van der Waals surface area contributed by atoms with E-state index in [9.17, 15) is 0 Å². The van der Waals surface area contributed by atoms with Crippen molar-refractivity contribution in [3.63, 3.8) is 0 Å². The summed E-state index contributed by atoms with van der Waals surface area (Å²) in [4.78, 5) is 8.46. The van der Waals surface area contributed by atoms with Gasteiger partial charge in [0.1, 0.15) is 12.0 Å². The molecule has 0 aliphatic heterocycles. The minimum atomic E-state index is 0. The minimum absolute atomic E-state index is 0. The van der Waals surface area contributed by atoms with Crippen LogP contribution >= 0.6 is 0 Å². The van der Waals surface area contributed by atoms with Crippen molar-refractivity contribution in [3.05, 3.63) is 43.1 Å². The Labute approximate surface area is 139 Å². The molecule has 0 saturated heterocycles. The summed E-state index contributed by atoms with van der Waals surface area (Å²) < 4.78 is 21.8. The van der Waals surface area contributed by atoms with Crippen LogP contribution in [-0.4, -0.2) is 31.3 Å². The van der Waals surface area contributed by atoms with Crippen molar-refractivity contribution in [2.45, 2.75) is 0 Å². The first kappa shape index (κ1) is 17.3. The van der Waals surface area contributed by atoms with E-state index in [0.717, 1.165) is 11.1 Å². The number of methoxy groups -OCH3 is 3. The van der Waals surface area contributed by atoms with Crippen molar-refractivity contribution >= 4 is 0 Å². The van der Waals surface area contributed by atoms with Crippen LogP contribution in [0.4, 0.5) is 0 Å². The highest BCUT2D eigenvalue weighted by molar-refractivity contribution is 5.84. The maximum Gasteiger partial charge on any atom is 0.203 e. The number of ether oxygens (including phenoxy) is 3. The zero-order chi connectivity index (χ0) is 16.2. The normalized spacial score (nSPS) is 9.96. The van der Waals surface area contributed by atoms with E-state index in [1.165, 1.54) is 6.33 Å². The Kier molecular flexibility index (Phi) is 5.39. The standard InChI is InChI=1S/C17H16N2O4.H3N/c1-20-14-7-6-11(16(21-2)17(14)22-3)12-9-18-10-19-15(12)13-5-4-8-23-13;/h4-10H,1-3H3;1H3. The number of benzene rings is 1. The number of nitrogens with zero attached hydrogens (tertiary/aromatic N) is 2. The predicted molar refractivity (Wildman–Crippen MR) is 89.8 cm³/mol. The van der Waals surface area contributed by atoms with Gasteiger partial charge in [-0.05, 0) is 24.3 Å². The number of hydrogen-bond acceptors (Lipinski definition) is 7. The monoisotopic (exact) mass is 329 g/mol.